The van der Waals surface area contributed by atoms with Crippen LogP contribution in [0.25, 0.3) is 23.3 Å². The van der Waals surface area contributed by atoms with Gasteiger partial charge in [0.2, 0.25) is 11.8 Å². The Hall–Kier alpha value is -3.57. The minimum absolute atomic E-state index is 0.0825. The van der Waals surface area contributed by atoms with Gasteiger partial charge < -0.3 is 15.4 Å². The first-order valence-corrected chi connectivity index (χ1v) is 10.5. The number of carbonyl (C=O) groups is 2. The number of anilines is 1. The van der Waals surface area contributed by atoms with Crippen molar-refractivity contribution < 1.29 is 14.3 Å². The quantitative estimate of drug-likeness (QED) is 0.580. The Labute approximate surface area is 192 Å². The highest BCUT2D eigenvalue weighted by molar-refractivity contribution is 6.31. The number of aryl methyl sites for hydroxylation is 1. The number of hydrogen-bond acceptors (Lipinski definition) is 3. The molecule has 0 bridgehead atoms. The molecule has 0 spiro atoms. The summed E-state index contributed by atoms with van der Waals surface area (Å²) in [7, 11) is 1.59. The Kier molecular flexibility index (Phi) is 5.76. The number of nitrogens with two attached hydrogens (primary N) is 1. The van der Waals surface area contributed by atoms with Crippen LogP contribution in [0.2, 0.25) is 5.02 Å². The number of rotatable bonds is 3. The van der Waals surface area contributed by atoms with Crippen LogP contribution in [-0.2, 0) is 11.3 Å². The van der Waals surface area contributed by atoms with E-state index in [2.05, 4.69) is 0 Å². The second-order valence-corrected chi connectivity index (χ2v) is 8.19. The van der Waals surface area contributed by atoms with Gasteiger partial charge in [0, 0.05) is 28.6 Å². The monoisotopic (exact) mass is 446 g/mol. The number of ether oxygens (including phenoxy) is 1. The minimum Gasteiger partial charge on any atom is -0.496 e. The highest BCUT2D eigenvalue weighted by Crippen LogP contribution is 2.39. The van der Waals surface area contributed by atoms with Gasteiger partial charge in [-0.25, -0.2) is 0 Å². The summed E-state index contributed by atoms with van der Waals surface area (Å²) in [6.45, 7) is 3.83. The number of fused-ring (bicyclic) bond motifs is 2. The zero-order chi connectivity index (χ0) is 23.0. The fourth-order valence-corrected chi connectivity index (χ4v) is 4.33. The molecular weight excluding hydrogens is 424 g/mol. The SMILES string of the molecule is COc1cc2c(cc1-c1c(C)cccc1C(N)=O)CN(C(C)=O)c1ccc(Cl)cc1C=C2. The predicted octanol–water partition coefficient (Wildman–Crippen LogP) is 5.46. The van der Waals surface area contributed by atoms with Crippen molar-refractivity contribution in [3.8, 4) is 16.9 Å². The topological polar surface area (TPSA) is 72.6 Å². The zero-order valence-electron chi connectivity index (χ0n) is 18.1. The summed E-state index contributed by atoms with van der Waals surface area (Å²) in [5.41, 5.74) is 12.0. The molecule has 1 aliphatic rings. The van der Waals surface area contributed by atoms with Crippen molar-refractivity contribution in [3.63, 3.8) is 0 Å². The largest absolute Gasteiger partial charge is 0.496 e. The molecule has 4 rings (SSSR count). The first-order valence-electron chi connectivity index (χ1n) is 10.2. The molecule has 3 aromatic carbocycles. The molecular formula is C26H23ClN2O3. The van der Waals surface area contributed by atoms with Gasteiger partial charge in [0.05, 0.1) is 19.3 Å². The van der Waals surface area contributed by atoms with E-state index in [-0.39, 0.29) is 5.91 Å². The Bertz CT molecular complexity index is 1280. The van der Waals surface area contributed by atoms with E-state index in [9.17, 15) is 9.59 Å². The molecule has 0 atom stereocenters. The molecule has 162 valence electrons. The first-order chi connectivity index (χ1) is 15.3. The molecule has 2 amide bonds. The summed E-state index contributed by atoms with van der Waals surface area (Å²) in [6, 6.07) is 14.8. The average molecular weight is 447 g/mol. The molecule has 0 radical (unpaired) electrons. The lowest BCUT2D eigenvalue weighted by molar-refractivity contribution is -0.116. The molecule has 6 heteroatoms. The minimum atomic E-state index is -0.506. The van der Waals surface area contributed by atoms with Gasteiger partial charge >= 0.3 is 0 Å². The van der Waals surface area contributed by atoms with Crippen LogP contribution in [0.4, 0.5) is 5.69 Å². The van der Waals surface area contributed by atoms with E-state index in [1.165, 1.54) is 0 Å². The van der Waals surface area contributed by atoms with Crippen molar-refractivity contribution >= 4 is 41.3 Å². The third kappa shape index (κ3) is 3.87. The Balaban J connectivity index is 1.97. The molecule has 0 fully saturated rings. The van der Waals surface area contributed by atoms with Crippen LogP contribution in [0.3, 0.4) is 0 Å². The lowest BCUT2D eigenvalue weighted by Gasteiger charge is -2.27. The molecule has 0 saturated carbocycles. The molecule has 1 aliphatic heterocycles. The molecule has 1 heterocycles. The molecule has 0 aliphatic carbocycles. The maximum Gasteiger partial charge on any atom is 0.249 e. The smallest absolute Gasteiger partial charge is 0.249 e. The van der Waals surface area contributed by atoms with Crippen LogP contribution in [0.1, 0.15) is 39.5 Å². The van der Waals surface area contributed by atoms with E-state index in [1.807, 2.05) is 49.4 Å². The van der Waals surface area contributed by atoms with Crippen molar-refractivity contribution in [2.75, 3.05) is 12.0 Å². The summed E-state index contributed by atoms with van der Waals surface area (Å²) in [5.74, 6) is 0.0286. The van der Waals surface area contributed by atoms with Gasteiger partial charge in [0.15, 0.2) is 0 Å². The summed E-state index contributed by atoms with van der Waals surface area (Å²) >= 11 is 6.19. The van der Waals surface area contributed by atoms with Crippen LogP contribution < -0.4 is 15.4 Å². The number of carbonyl (C=O) groups excluding carboxylic acids is 2. The third-order valence-corrected chi connectivity index (χ3v) is 5.94. The van der Waals surface area contributed by atoms with E-state index in [0.29, 0.717) is 22.9 Å². The van der Waals surface area contributed by atoms with Gasteiger partial charge in [-0.3, -0.25) is 9.59 Å². The number of primary amides is 1. The van der Waals surface area contributed by atoms with Gasteiger partial charge in [0.1, 0.15) is 5.75 Å². The van der Waals surface area contributed by atoms with Crippen molar-refractivity contribution in [1.29, 1.82) is 0 Å². The van der Waals surface area contributed by atoms with E-state index in [0.717, 1.165) is 39.1 Å². The maximum atomic E-state index is 12.6. The van der Waals surface area contributed by atoms with Crippen molar-refractivity contribution in [3.05, 3.63) is 81.4 Å². The van der Waals surface area contributed by atoms with Gasteiger partial charge in [-0.05, 0) is 65.6 Å². The molecule has 32 heavy (non-hydrogen) atoms. The second kappa shape index (κ2) is 8.52. The Morgan fingerprint density at radius 3 is 2.50 bits per heavy atom. The number of amides is 2. The molecule has 2 N–H and O–H groups in total. The second-order valence-electron chi connectivity index (χ2n) is 7.75. The van der Waals surface area contributed by atoms with Crippen molar-refractivity contribution in [2.45, 2.75) is 20.4 Å². The molecule has 0 unspecified atom stereocenters. The lowest BCUT2D eigenvalue weighted by atomic mass is 9.90. The van der Waals surface area contributed by atoms with Crippen LogP contribution >= 0.6 is 11.6 Å². The number of hydrogen-bond donors (Lipinski definition) is 1. The summed E-state index contributed by atoms with van der Waals surface area (Å²) < 4.78 is 5.70. The van der Waals surface area contributed by atoms with Gasteiger partial charge in [-0.2, -0.15) is 0 Å². The Morgan fingerprint density at radius 1 is 1.06 bits per heavy atom. The number of halogens is 1. The van der Waals surface area contributed by atoms with E-state index < -0.39 is 5.91 Å². The number of benzene rings is 3. The van der Waals surface area contributed by atoms with Crippen LogP contribution in [-0.4, -0.2) is 18.9 Å². The standard InChI is InChI=1S/C26H23ClN2O3/c1-15-5-4-6-21(26(28)31)25(15)22-12-19-14-29(16(2)30)23-10-9-20(27)11-18(23)8-7-17(19)13-24(22)32-3/h4-13H,14H2,1-3H3,(H2,28,31). The molecule has 5 nitrogen and oxygen atoms in total. The van der Waals surface area contributed by atoms with E-state index in [1.54, 1.807) is 37.1 Å². The third-order valence-electron chi connectivity index (χ3n) is 5.70. The van der Waals surface area contributed by atoms with Gasteiger partial charge in [-0.15, -0.1) is 0 Å². The Morgan fingerprint density at radius 2 is 1.81 bits per heavy atom. The summed E-state index contributed by atoms with van der Waals surface area (Å²) in [5, 5.41) is 0.601. The predicted molar refractivity (Wildman–Crippen MR) is 129 cm³/mol. The van der Waals surface area contributed by atoms with E-state index in [4.69, 9.17) is 22.1 Å². The maximum absolute atomic E-state index is 12.6. The van der Waals surface area contributed by atoms with Crippen molar-refractivity contribution in [2.24, 2.45) is 5.73 Å². The summed E-state index contributed by atoms with van der Waals surface area (Å²) in [6.07, 6.45) is 3.93. The average Bonchev–Trinajstić information content (AvgIpc) is 2.74. The molecule has 0 aromatic heterocycles. The van der Waals surface area contributed by atoms with Gasteiger partial charge in [-0.1, -0.05) is 35.9 Å². The lowest BCUT2D eigenvalue weighted by Crippen LogP contribution is -2.29. The fraction of sp³-hybridized carbons (Fsp3) is 0.154. The summed E-state index contributed by atoms with van der Waals surface area (Å²) in [4.78, 5) is 26.4. The van der Waals surface area contributed by atoms with Crippen LogP contribution in [0.5, 0.6) is 5.75 Å². The van der Waals surface area contributed by atoms with Crippen LogP contribution in [0, 0.1) is 6.92 Å². The normalized spacial score (nSPS) is 12.4. The van der Waals surface area contributed by atoms with Crippen LogP contribution in [0.15, 0.2) is 48.5 Å². The van der Waals surface area contributed by atoms with Crippen molar-refractivity contribution in [1.82, 2.24) is 0 Å². The van der Waals surface area contributed by atoms with Gasteiger partial charge in [0.25, 0.3) is 0 Å². The first kappa shape index (κ1) is 21.7. The number of methoxy groups -OCH3 is 1. The molecule has 0 saturated heterocycles. The zero-order valence-corrected chi connectivity index (χ0v) is 18.9. The highest BCUT2D eigenvalue weighted by atomic mass is 35.5. The fourth-order valence-electron chi connectivity index (χ4n) is 4.15. The highest BCUT2D eigenvalue weighted by Gasteiger charge is 2.22. The number of nitrogens with zero attached hydrogens (tertiary/aromatic N) is 1. The molecule has 3 aromatic rings. The van der Waals surface area contributed by atoms with E-state index >= 15 is 0 Å².